The predicted molar refractivity (Wildman–Crippen MR) is 106 cm³/mol. The minimum absolute atomic E-state index is 0.0852. The monoisotopic (exact) mass is 367 g/mol. The number of fused-ring (bicyclic) bond motifs is 1. The van der Waals surface area contributed by atoms with Crippen molar-refractivity contribution in [2.75, 3.05) is 13.7 Å². The fourth-order valence-corrected chi connectivity index (χ4v) is 2.94. The highest BCUT2D eigenvalue weighted by atomic mass is 16.6. The lowest BCUT2D eigenvalue weighted by molar-refractivity contribution is -0.0773. The fourth-order valence-electron chi connectivity index (χ4n) is 2.94. The van der Waals surface area contributed by atoms with Crippen LogP contribution in [0.5, 0.6) is 5.75 Å². The molecule has 6 nitrogen and oxygen atoms in total. The second-order valence-electron chi connectivity index (χ2n) is 7.17. The van der Waals surface area contributed by atoms with E-state index in [0.29, 0.717) is 6.54 Å². The summed E-state index contributed by atoms with van der Waals surface area (Å²) in [5.74, 6) is 0.733. The molecule has 1 atom stereocenters. The van der Waals surface area contributed by atoms with Gasteiger partial charge in [0, 0.05) is 23.2 Å². The van der Waals surface area contributed by atoms with Gasteiger partial charge in [-0.25, -0.2) is 4.98 Å². The Hall–Kier alpha value is -2.86. The fraction of sp³-hybridized carbons (Fsp3) is 0.333. The number of ether oxygens (including phenoxy) is 1. The van der Waals surface area contributed by atoms with E-state index in [-0.39, 0.29) is 6.61 Å². The first-order valence-electron chi connectivity index (χ1n) is 8.81. The zero-order chi connectivity index (χ0) is 19.3. The summed E-state index contributed by atoms with van der Waals surface area (Å²) >= 11 is 0. The Bertz CT molecular complexity index is 901. The molecule has 0 fully saturated rings. The van der Waals surface area contributed by atoms with Crippen LogP contribution in [0.4, 0.5) is 0 Å². The minimum atomic E-state index is -1.24. The molecule has 0 spiro atoms. The maximum absolute atomic E-state index is 11.6. The molecule has 0 aliphatic rings. The van der Waals surface area contributed by atoms with Crippen molar-refractivity contribution in [1.82, 2.24) is 9.55 Å². The van der Waals surface area contributed by atoms with Crippen LogP contribution >= 0.6 is 0 Å². The standard InChI is InChI=1S/C21H25N3O3/c1-20(2,13-23-26-3)21(25,14-24-12-11-22-16-24)15-27-19-10-6-8-17-7-4-5-9-18(17)19/h4-13,16,25H,14-15H2,1-3H3. The lowest BCUT2D eigenvalue weighted by atomic mass is 9.76. The molecular formula is C21H25N3O3. The highest BCUT2D eigenvalue weighted by molar-refractivity contribution is 5.88. The normalized spacial score (nSPS) is 14.4. The number of benzene rings is 2. The van der Waals surface area contributed by atoms with E-state index in [1.807, 2.05) is 67.1 Å². The van der Waals surface area contributed by atoms with E-state index in [2.05, 4.69) is 10.1 Å². The van der Waals surface area contributed by atoms with E-state index in [0.717, 1.165) is 16.5 Å². The summed E-state index contributed by atoms with van der Waals surface area (Å²) < 4.78 is 7.94. The molecule has 2 aromatic carbocycles. The molecule has 0 saturated carbocycles. The number of hydrogen-bond donors (Lipinski definition) is 1. The Balaban J connectivity index is 1.90. The van der Waals surface area contributed by atoms with Crippen LogP contribution in [-0.2, 0) is 11.4 Å². The molecule has 0 amide bonds. The maximum atomic E-state index is 11.6. The number of oxime groups is 1. The second kappa shape index (κ2) is 7.80. The molecule has 6 heteroatoms. The molecule has 1 heterocycles. The Morgan fingerprint density at radius 1 is 1.19 bits per heavy atom. The van der Waals surface area contributed by atoms with Gasteiger partial charge in [0.1, 0.15) is 25.1 Å². The van der Waals surface area contributed by atoms with Crippen LogP contribution in [-0.4, -0.2) is 40.2 Å². The molecule has 0 aliphatic carbocycles. The van der Waals surface area contributed by atoms with E-state index < -0.39 is 11.0 Å². The highest BCUT2D eigenvalue weighted by Gasteiger charge is 2.44. The Kier molecular flexibility index (Phi) is 5.46. The molecule has 1 N–H and O–H groups in total. The summed E-state index contributed by atoms with van der Waals surface area (Å²) in [6.45, 7) is 4.19. The summed E-state index contributed by atoms with van der Waals surface area (Å²) in [6, 6.07) is 13.9. The molecule has 1 unspecified atom stereocenters. The quantitative estimate of drug-likeness (QED) is 0.489. The Morgan fingerprint density at radius 3 is 2.70 bits per heavy atom. The van der Waals surface area contributed by atoms with Gasteiger partial charge in [0.15, 0.2) is 0 Å². The van der Waals surface area contributed by atoms with Gasteiger partial charge < -0.3 is 19.2 Å². The first kappa shape index (κ1) is 18.9. The van der Waals surface area contributed by atoms with Crippen LogP contribution in [0, 0.1) is 5.41 Å². The highest BCUT2D eigenvalue weighted by Crippen LogP contribution is 2.33. The number of imidazole rings is 1. The first-order valence-corrected chi connectivity index (χ1v) is 8.81. The molecule has 0 saturated heterocycles. The van der Waals surface area contributed by atoms with E-state index in [1.165, 1.54) is 7.11 Å². The average molecular weight is 367 g/mol. The van der Waals surface area contributed by atoms with Gasteiger partial charge in [0.2, 0.25) is 0 Å². The molecule has 142 valence electrons. The maximum Gasteiger partial charge on any atom is 0.127 e. The Morgan fingerprint density at radius 2 is 1.96 bits per heavy atom. The molecular weight excluding hydrogens is 342 g/mol. The third-order valence-corrected chi connectivity index (χ3v) is 4.90. The summed E-state index contributed by atoms with van der Waals surface area (Å²) in [7, 11) is 1.48. The third kappa shape index (κ3) is 4.11. The van der Waals surface area contributed by atoms with Gasteiger partial charge in [-0.3, -0.25) is 0 Å². The van der Waals surface area contributed by atoms with E-state index >= 15 is 0 Å². The smallest absolute Gasteiger partial charge is 0.127 e. The van der Waals surface area contributed by atoms with Gasteiger partial charge in [-0.05, 0) is 11.5 Å². The molecule has 0 aliphatic heterocycles. The summed E-state index contributed by atoms with van der Waals surface area (Å²) in [6.07, 6.45) is 6.78. The molecule has 3 rings (SSSR count). The van der Waals surface area contributed by atoms with Crippen molar-refractivity contribution in [2.45, 2.75) is 26.0 Å². The van der Waals surface area contributed by atoms with E-state index in [1.54, 1.807) is 18.7 Å². The number of rotatable bonds is 8. The summed E-state index contributed by atoms with van der Waals surface area (Å²) in [4.78, 5) is 8.89. The Labute approximate surface area is 159 Å². The van der Waals surface area contributed by atoms with Crippen molar-refractivity contribution in [1.29, 1.82) is 0 Å². The van der Waals surface area contributed by atoms with Gasteiger partial charge in [-0.2, -0.15) is 0 Å². The van der Waals surface area contributed by atoms with Crippen LogP contribution in [0.15, 0.2) is 66.3 Å². The SMILES string of the molecule is CON=CC(C)(C)C(O)(COc1cccc2ccccc12)Cn1ccnc1. The van der Waals surface area contributed by atoms with Crippen molar-refractivity contribution in [2.24, 2.45) is 10.6 Å². The number of aromatic nitrogens is 2. The molecule has 0 radical (unpaired) electrons. The lowest BCUT2D eigenvalue weighted by Crippen LogP contribution is -2.53. The van der Waals surface area contributed by atoms with Crippen molar-refractivity contribution >= 4 is 17.0 Å². The van der Waals surface area contributed by atoms with Gasteiger partial charge in [0.05, 0.1) is 19.1 Å². The predicted octanol–water partition coefficient (Wildman–Crippen LogP) is 3.50. The number of hydrogen-bond acceptors (Lipinski definition) is 5. The van der Waals surface area contributed by atoms with Crippen LogP contribution in [0.25, 0.3) is 10.8 Å². The lowest BCUT2D eigenvalue weighted by Gasteiger charge is -2.39. The largest absolute Gasteiger partial charge is 0.490 e. The molecule has 1 aromatic heterocycles. The van der Waals surface area contributed by atoms with Crippen molar-refractivity contribution in [3.8, 4) is 5.75 Å². The van der Waals surface area contributed by atoms with Gasteiger partial charge >= 0.3 is 0 Å². The van der Waals surface area contributed by atoms with Crippen molar-refractivity contribution in [3.63, 3.8) is 0 Å². The van der Waals surface area contributed by atoms with Crippen LogP contribution < -0.4 is 4.74 Å². The minimum Gasteiger partial charge on any atom is -0.490 e. The van der Waals surface area contributed by atoms with Gasteiger partial charge in [-0.15, -0.1) is 0 Å². The van der Waals surface area contributed by atoms with Crippen LogP contribution in [0.3, 0.4) is 0 Å². The zero-order valence-corrected chi connectivity index (χ0v) is 15.9. The van der Waals surface area contributed by atoms with Crippen molar-refractivity contribution in [3.05, 3.63) is 61.2 Å². The summed E-state index contributed by atoms with van der Waals surface area (Å²) in [5.41, 5.74) is -1.95. The zero-order valence-electron chi connectivity index (χ0n) is 15.9. The molecule has 3 aromatic rings. The van der Waals surface area contributed by atoms with E-state index in [9.17, 15) is 5.11 Å². The second-order valence-corrected chi connectivity index (χ2v) is 7.17. The third-order valence-electron chi connectivity index (χ3n) is 4.90. The van der Waals surface area contributed by atoms with Gasteiger partial charge in [0.25, 0.3) is 0 Å². The summed E-state index contributed by atoms with van der Waals surface area (Å²) in [5, 5.41) is 17.5. The molecule has 0 bridgehead atoms. The average Bonchev–Trinajstić information content (AvgIpc) is 3.17. The number of aliphatic hydroxyl groups is 1. The first-order chi connectivity index (χ1) is 13.0. The molecule has 27 heavy (non-hydrogen) atoms. The van der Waals surface area contributed by atoms with Crippen LogP contribution in [0.2, 0.25) is 0 Å². The van der Waals surface area contributed by atoms with Crippen molar-refractivity contribution < 1.29 is 14.7 Å². The van der Waals surface area contributed by atoms with Gasteiger partial charge in [-0.1, -0.05) is 55.4 Å². The van der Waals surface area contributed by atoms with Crippen LogP contribution in [0.1, 0.15) is 13.8 Å². The number of nitrogens with zero attached hydrogens (tertiary/aromatic N) is 3. The topological polar surface area (TPSA) is 68.9 Å². The van der Waals surface area contributed by atoms with E-state index in [4.69, 9.17) is 9.57 Å².